The van der Waals surface area contributed by atoms with Gasteiger partial charge >= 0.3 is 0 Å². The largest absolute Gasteiger partial charge is 0.375 e. The molecule has 1 rings (SSSR count). The second-order valence-electron chi connectivity index (χ2n) is 6.00. The van der Waals surface area contributed by atoms with Crippen molar-refractivity contribution in [3.63, 3.8) is 0 Å². The molecule has 0 aliphatic heterocycles. The van der Waals surface area contributed by atoms with E-state index in [1.54, 1.807) is 0 Å². The maximum atomic E-state index is 12.2. The molecule has 0 aliphatic rings. The van der Waals surface area contributed by atoms with Gasteiger partial charge in [-0.2, -0.15) is 0 Å². The molecule has 0 aliphatic carbocycles. The maximum Gasteiger partial charge on any atom is 0.251 e. The van der Waals surface area contributed by atoms with Gasteiger partial charge in [0.15, 0.2) is 0 Å². The Morgan fingerprint density at radius 2 is 1.90 bits per heavy atom. The van der Waals surface area contributed by atoms with Crippen LogP contribution in [0.25, 0.3) is 0 Å². The highest BCUT2D eigenvalue weighted by Gasteiger charge is 2.14. The number of amides is 1. The molecule has 118 valence electrons. The summed E-state index contributed by atoms with van der Waals surface area (Å²) in [6.07, 6.45) is 2.01. The fraction of sp³-hybridized carbons (Fsp3) is 0.588. The Hall–Kier alpha value is -1.55. The molecule has 1 atom stereocenters. The Kier molecular flexibility index (Phi) is 7.23. The summed E-state index contributed by atoms with van der Waals surface area (Å²) in [5, 5.41) is 3.01. The van der Waals surface area contributed by atoms with E-state index in [9.17, 15) is 4.79 Å². The van der Waals surface area contributed by atoms with Gasteiger partial charge in [0.2, 0.25) is 0 Å². The molecule has 0 heterocycles. The molecule has 21 heavy (non-hydrogen) atoms. The third kappa shape index (κ3) is 5.76. The van der Waals surface area contributed by atoms with Gasteiger partial charge in [-0.05, 0) is 43.0 Å². The Morgan fingerprint density at radius 3 is 2.38 bits per heavy atom. The van der Waals surface area contributed by atoms with Crippen LogP contribution in [0.1, 0.15) is 44.0 Å². The van der Waals surface area contributed by atoms with Crippen LogP contribution in [0.3, 0.4) is 0 Å². The van der Waals surface area contributed by atoms with Crippen LogP contribution in [-0.4, -0.2) is 32.1 Å². The van der Waals surface area contributed by atoms with Crippen LogP contribution in [0.4, 0.5) is 5.69 Å². The fourth-order valence-corrected chi connectivity index (χ4v) is 2.38. The van der Waals surface area contributed by atoms with Gasteiger partial charge in [0, 0.05) is 37.4 Å². The summed E-state index contributed by atoms with van der Waals surface area (Å²) >= 11 is 0. The van der Waals surface area contributed by atoms with Crippen molar-refractivity contribution in [2.75, 3.05) is 25.0 Å². The van der Waals surface area contributed by atoms with E-state index in [4.69, 9.17) is 5.73 Å². The monoisotopic (exact) mass is 291 g/mol. The lowest BCUT2D eigenvalue weighted by Gasteiger charge is -2.20. The normalized spacial score (nSPS) is 12.3. The van der Waals surface area contributed by atoms with Crippen LogP contribution < -0.4 is 16.0 Å². The first-order valence-corrected chi connectivity index (χ1v) is 7.80. The van der Waals surface area contributed by atoms with Gasteiger partial charge in [-0.3, -0.25) is 4.79 Å². The van der Waals surface area contributed by atoms with E-state index in [-0.39, 0.29) is 11.9 Å². The highest BCUT2D eigenvalue weighted by molar-refractivity contribution is 5.94. The zero-order valence-electron chi connectivity index (χ0n) is 13.7. The Bertz CT molecular complexity index is 428. The molecule has 4 nitrogen and oxygen atoms in total. The fourth-order valence-electron chi connectivity index (χ4n) is 2.38. The minimum Gasteiger partial charge on any atom is -0.375 e. The molecule has 0 radical (unpaired) electrons. The molecule has 0 spiro atoms. The molecule has 1 aromatic rings. The summed E-state index contributed by atoms with van der Waals surface area (Å²) in [5.41, 5.74) is 7.54. The molecule has 1 unspecified atom stereocenters. The first kappa shape index (κ1) is 17.5. The van der Waals surface area contributed by atoms with E-state index in [1.165, 1.54) is 0 Å². The maximum absolute atomic E-state index is 12.2. The molecule has 0 fully saturated rings. The van der Waals surface area contributed by atoms with Gasteiger partial charge in [-0.25, -0.2) is 0 Å². The number of nitrogens with two attached hydrogens (primary N) is 1. The summed E-state index contributed by atoms with van der Waals surface area (Å²) in [5.74, 6) is 0.472. The Balaban J connectivity index is 2.66. The van der Waals surface area contributed by atoms with Gasteiger partial charge in [-0.15, -0.1) is 0 Å². The molecule has 1 amide bonds. The second kappa shape index (κ2) is 8.67. The molecule has 0 saturated carbocycles. The van der Waals surface area contributed by atoms with Crippen molar-refractivity contribution >= 4 is 11.6 Å². The summed E-state index contributed by atoms with van der Waals surface area (Å²) in [6.45, 7) is 7.90. The number of benzene rings is 1. The van der Waals surface area contributed by atoms with Crippen LogP contribution in [-0.2, 0) is 0 Å². The van der Waals surface area contributed by atoms with E-state index < -0.39 is 0 Å². The summed E-state index contributed by atoms with van der Waals surface area (Å²) < 4.78 is 0. The Morgan fingerprint density at radius 1 is 1.29 bits per heavy atom. The lowest BCUT2D eigenvalue weighted by atomic mass is 10.0. The lowest BCUT2D eigenvalue weighted by Crippen LogP contribution is -2.41. The van der Waals surface area contributed by atoms with Gasteiger partial charge in [0.25, 0.3) is 5.91 Å². The second-order valence-corrected chi connectivity index (χ2v) is 6.00. The molecule has 0 aromatic heterocycles. The van der Waals surface area contributed by atoms with Crippen LogP contribution in [0.15, 0.2) is 24.3 Å². The quantitative estimate of drug-likeness (QED) is 0.774. The van der Waals surface area contributed by atoms with Gasteiger partial charge < -0.3 is 16.0 Å². The summed E-state index contributed by atoms with van der Waals surface area (Å²) in [4.78, 5) is 14.4. The highest BCUT2D eigenvalue weighted by atomic mass is 16.1. The Labute approximate surface area is 128 Å². The van der Waals surface area contributed by atoms with Gasteiger partial charge in [0.1, 0.15) is 0 Å². The minimum absolute atomic E-state index is 0.0416. The van der Waals surface area contributed by atoms with E-state index in [2.05, 4.69) is 38.0 Å². The molecular weight excluding hydrogens is 262 g/mol. The number of hydrogen-bond acceptors (Lipinski definition) is 3. The molecule has 0 saturated heterocycles. The number of carbonyl (C=O) groups excluding carboxylic acids is 1. The zero-order valence-corrected chi connectivity index (χ0v) is 13.7. The van der Waals surface area contributed by atoms with Gasteiger partial charge in [-0.1, -0.05) is 20.8 Å². The number of rotatable bonds is 8. The van der Waals surface area contributed by atoms with Gasteiger partial charge in [0.05, 0.1) is 0 Å². The van der Waals surface area contributed by atoms with Crippen molar-refractivity contribution < 1.29 is 4.79 Å². The third-order valence-electron chi connectivity index (χ3n) is 3.50. The van der Waals surface area contributed by atoms with E-state index in [0.29, 0.717) is 18.0 Å². The first-order valence-electron chi connectivity index (χ1n) is 7.80. The molecule has 4 heteroatoms. The van der Waals surface area contributed by atoms with E-state index in [1.807, 2.05) is 24.3 Å². The predicted molar refractivity (Wildman–Crippen MR) is 89.8 cm³/mol. The van der Waals surface area contributed by atoms with Crippen LogP contribution >= 0.6 is 0 Å². The van der Waals surface area contributed by atoms with Crippen molar-refractivity contribution in [3.8, 4) is 0 Å². The van der Waals surface area contributed by atoms with Crippen LogP contribution in [0.2, 0.25) is 0 Å². The number of anilines is 1. The number of nitrogens with one attached hydrogen (secondary N) is 1. The van der Waals surface area contributed by atoms with Crippen LogP contribution in [0.5, 0.6) is 0 Å². The zero-order chi connectivity index (χ0) is 15.8. The molecular formula is C17H29N3O. The van der Waals surface area contributed by atoms with Crippen molar-refractivity contribution in [1.29, 1.82) is 0 Å². The van der Waals surface area contributed by atoms with Crippen molar-refractivity contribution in [2.45, 2.75) is 39.7 Å². The average molecular weight is 291 g/mol. The van der Waals surface area contributed by atoms with E-state index in [0.717, 1.165) is 25.1 Å². The summed E-state index contributed by atoms with van der Waals surface area (Å²) in [6, 6.07) is 7.77. The van der Waals surface area contributed by atoms with Crippen molar-refractivity contribution in [3.05, 3.63) is 29.8 Å². The van der Waals surface area contributed by atoms with Crippen LogP contribution in [0, 0.1) is 5.92 Å². The smallest absolute Gasteiger partial charge is 0.251 e. The SMILES string of the molecule is CCCN(C)c1ccc(C(=O)NC(CN)CC(C)C)cc1. The predicted octanol–water partition coefficient (Wildman–Crippen LogP) is 2.64. The van der Waals surface area contributed by atoms with Crippen molar-refractivity contribution in [1.82, 2.24) is 5.32 Å². The number of carbonyl (C=O) groups is 1. The minimum atomic E-state index is -0.0456. The first-order chi connectivity index (χ1) is 9.97. The lowest BCUT2D eigenvalue weighted by molar-refractivity contribution is 0.0934. The van der Waals surface area contributed by atoms with E-state index >= 15 is 0 Å². The average Bonchev–Trinajstić information content (AvgIpc) is 2.46. The van der Waals surface area contributed by atoms with Crippen molar-refractivity contribution in [2.24, 2.45) is 11.7 Å². The molecule has 1 aromatic carbocycles. The number of hydrogen-bond donors (Lipinski definition) is 2. The number of nitrogens with zero attached hydrogens (tertiary/aromatic N) is 1. The molecule has 3 N–H and O–H groups in total. The standard InChI is InChI=1S/C17H29N3O/c1-5-10-20(4)16-8-6-14(7-9-16)17(21)19-15(12-18)11-13(2)3/h6-9,13,15H,5,10-12,18H2,1-4H3,(H,19,21). The highest BCUT2D eigenvalue weighted by Crippen LogP contribution is 2.14. The topological polar surface area (TPSA) is 58.4 Å². The third-order valence-corrected chi connectivity index (χ3v) is 3.50. The molecule has 0 bridgehead atoms. The summed E-state index contributed by atoms with van der Waals surface area (Å²) in [7, 11) is 2.06.